The quantitative estimate of drug-likeness (QED) is 0.471. The van der Waals surface area contributed by atoms with Crippen molar-refractivity contribution in [2.24, 2.45) is 0 Å². The molecule has 6 nitrogen and oxygen atoms in total. The van der Waals surface area contributed by atoms with E-state index in [1.807, 2.05) is 19.9 Å². The Morgan fingerprint density at radius 3 is 2.43 bits per heavy atom. The molecule has 2 aromatic carbocycles. The second kappa shape index (κ2) is 6.37. The summed E-state index contributed by atoms with van der Waals surface area (Å²) in [5, 5.41) is 10.9. The monoisotopic (exact) mass is 335 g/mol. The molecule has 2 rings (SSSR count). The highest BCUT2D eigenvalue weighted by Crippen LogP contribution is 2.26. The normalized spacial score (nSPS) is 11.5. The smallest absolute Gasteiger partial charge is 0.339 e. The number of nitro groups is 1. The maximum atomic E-state index is 12.3. The first-order chi connectivity index (χ1) is 10.7. The van der Waals surface area contributed by atoms with Crippen molar-refractivity contribution in [3.63, 3.8) is 0 Å². The Morgan fingerprint density at radius 1 is 1.13 bits per heavy atom. The first-order valence-corrected chi connectivity index (χ1v) is 8.41. The Kier molecular flexibility index (Phi) is 4.70. The lowest BCUT2D eigenvalue weighted by Crippen LogP contribution is -2.10. The standard InChI is InChI=1S/C16H17NO5S/c1-11(2)13-5-4-6-14(9-13)22-23(20,21)15-8-7-12(3)16(10-15)17(18)19/h4-11H,1-3H3. The van der Waals surface area contributed by atoms with Crippen molar-refractivity contribution in [2.45, 2.75) is 31.6 Å². The Balaban J connectivity index is 2.38. The van der Waals surface area contributed by atoms with Crippen LogP contribution in [0, 0.1) is 17.0 Å². The summed E-state index contributed by atoms with van der Waals surface area (Å²) >= 11 is 0. The van der Waals surface area contributed by atoms with Gasteiger partial charge in [0.25, 0.3) is 5.69 Å². The molecule has 0 N–H and O–H groups in total. The lowest BCUT2D eigenvalue weighted by Gasteiger charge is -2.10. The van der Waals surface area contributed by atoms with E-state index in [0.29, 0.717) is 5.56 Å². The molecule has 0 aliphatic heterocycles. The first kappa shape index (κ1) is 17.0. The number of aryl methyl sites for hydroxylation is 1. The van der Waals surface area contributed by atoms with Crippen molar-refractivity contribution >= 4 is 15.8 Å². The van der Waals surface area contributed by atoms with Crippen molar-refractivity contribution in [3.8, 4) is 5.75 Å². The van der Waals surface area contributed by atoms with Gasteiger partial charge in [-0.25, -0.2) is 0 Å². The van der Waals surface area contributed by atoms with Crippen molar-refractivity contribution in [3.05, 3.63) is 63.7 Å². The molecule has 23 heavy (non-hydrogen) atoms. The molecule has 0 radical (unpaired) electrons. The Labute approximate surface area is 135 Å². The number of benzene rings is 2. The number of rotatable bonds is 5. The molecule has 0 bridgehead atoms. The third-order valence-corrected chi connectivity index (χ3v) is 4.64. The predicted octanol–water partition coefficient (Wildman–Crippen LogP) is 3.79. The van der Waals surface area contributed by atoms with E-state index in [1.165, 1.54) is 18.2 Å². The highest BCUT2D eigenvalue weighted by atomic mass is 32.2. The third kappa shape index (κ3) is 3.87. The fourth-order valence-corrected chi connectivity index (χ4v) is 2.99. The molecule has 0 spiro atoms. The molecule has 2 aromatic rings. The van der Waals surface area contributed by atoms with Crippen LogP contribution in [-0.4, -0.2) is 13.3 Å². The fraction of sp³-hybridized carbons (Fsp3) is 0.250. The summed E-state index contributed by atoms with van der Waals surface area (Å²) in [6, 6.07) is 10.5. The molecule has 0 heterocycles. The van der Waals surface area contributed by atoms with E-state index in [4.69, 9.17) is 4.18 Å². The van der Waals surface area contributed by atoms with E-state index < -0.39 is 15.0 Å². The van der Waals surface area contributed by atoms with Gasteiger partial charge in [0.15, 0.2) is 0 Å². The topological polar surface area (TPSA) is 86.5 Å². The maximum absolute atomic E-state index is 12.3. The summed E-state index contributed by atoms with van der Waals surface area (Å²) in [6.45, 7) is 5.51. The van der Waals surface area contributed by atoms with E-state index in [0.717, 1.165) is 11.6 Å². The van der Waals surface area contributed by atoms with Gasteiger partial charge >= 0.3 is 10.1 Å². The third-order valence-electron chi connectivity index (χ3n) is 3.40. The van der Waals surface area contributed by atoms with Crippen LogP contribution in [0.3, 0.4) is 0 Å². The van der Waals surface area contributed by atoms with Gasteiger partial charge in [-0.3, -0.25) is 10.1 Å². The van der Waals surface area contributed by atoms with Crippen LogP contribution in [0.5, 0.6) is 5.75 Å². The number of nitro benzene ring substituents is 1. The molecule has 0 saturated heterocycles. The predicted molar refractivity (Wildman–Crippen MR) is 86.2 cm³/mol. The van der Waals surface area contributed by atoms with E-state index in [2.05, 4.69) is 0 Å². The minimum absolute atomic E-state index is 0.180. The summed E-state index contributed by atoms with van der Waals surface area (Å²) in [6.07, 6.45) is 0. The lowest BCUT2D eigenvalue weighted by molar-refractivity contribution is -0.385. The van der Waals surface area contributed by atoms with Gasteiger partial charge in [-0.05, 0) is 36.6 Å². The van der Waals surface area contributed by atoms with E-state index in [-0.39, 0.29) is 22.3 Å². The van der Waals surface area contributed by atoms with Crippen LogP contribution in [0.4, 0.5) is 5.69 Å². The second-order valence-corrected chi connectivity index (χ2v) is 7.02. The van der Waals surface area contributed by atoms with Gasteiger partial charge in [-0.15, -0.1) is 0 Å². The fourth-order valence-electron chi connectivity index (χ4n) is 2.04. The van der Waals surface area contributed by atoms with Crippen molar-refractivity contribution in [1.82, 2.24) is 0 Å². The average molecular weight is 335 g/mol. The first-order valence-electron chi connectivity index (χ1n) is 7.00. The summed E-state index contributed by atoms with van der Waals surface area (Å²) < 4.78 is 29.8. The van der Waals surface area contributed by atoms with Crippen LogP contribution in [-0.2, 0) is 10.1 Å². The van der Waals surface area contributed by atoms with Gasteiger partial charge in [0.2, 0.25) is 0 Å². The molecule has 0 aliphatic rings. The van der Waals surface area contributed by atoms with Gasteiger partial charge in [0.05, 0.1) is 4.92 Å². The lowest BCUT2D eigenvalue weighted by atomic mass is 10.0. The molecule has 0 unspecified atom stereocenters. The molecule has 0 aliphatic carbocycles. The molecular weight excluding hydrogens is 318 g/mol. The minimum atomic E-state index is -4.13. The van der Waals surface area contributed by atoms with Crippen molar-refractivity contribution in [2.75, 3.05) is 0 Å². The highest BCUT2D eigenvalue weighted by molar-refractivity contribution is 7.87. The minimum Gasteiger partial charge on any atom is -0.379 e. The van der Waals surface area contributed by atoms with E-state index in [1.54, 1.807) is 19.1 Å². The van der Waals surface area contributed by atoms with Gasteiger partial charge in [0, 0.05) is 11.6 Å². The Hall–Kier alpha value is -2.41. The zero-order valence-corrected chi connectivity index (χ0v) is 13.8. The second-order valence-electron chi connectivity index (χ2n) is 5.47. The highest BCUT2D eigenvalue weighted by Gasteiger charge is 2.21. The molecule has 0 atom stereocenters. The largest absolute Gasteiger partial charge is 0.379 e. The molecular formula is C16H17NO5S. The molecule has 122 valence electrons. The average Bonchev–Trinajstić information content (AvgIpc) is 2.46. The van der Waals surface area contributed by atoms with Gasteiger partial charge in [-0.2, -0.15) is 8.42 Å². The molecule has 0 aromatic heterocycles. The zero-order valence-electron chi connectivity index (χ0n) is 13.0. The van der Waals surface area contributed by atoms with Crippen LogP contribution in [0.1, 0.15) is 30.9 Å². The molecule has 7 heteroatoms. The van der Waals surface area contributed by atoms with Crippen LogP contribution in [0.15, 0.2) is 47.4 Å². The van der Waals surface area contributed by atoms with Crippen LogP contribution < -0.4 is 4.18 Å². The van der Waals surface area contributed by atoms with Crippen molar-refractivity contribution < 1.29 is 17.5 Å². The Bertz CT molecular complexity index is 843. The van der Waals surface area contributed by atoms with Crippen LogP contribution in [0.2, 0.25) is 0 Å². The van der Waals surface area contributed by atoms with Gasteiger partial charge in [-0.1, -0.05) is 32.0 Å². The molecule has 0 saturated carbocycles. The number of hydrogen-bond donors (Lipinski definition) is 0. The zero-order chi connectivity index (χ0) is 17.2. The van der Waals surface area contributed by atoms with Crippen LogP contribution in [0.25, 0.3) is 0 Å². The molecule has 0 fully saturated rings. The van der Waals surface area contributed by atoms with Gasteiger partial charge in [0.1, 0.15) is 10.6 Å². The summed E-state index contributed by atoms with van der Waals surface area (Å²) in [7, 11) is -4.13. The summed E-state index contributed by atoms with van der Waals surface area (Å²) in [5.41, 5.74) is 1.06. The molecule has 0 amide bonds. The van der Waals surface area contributed by atoms with Gasteiger partial charge < -0.3 is 4.18 Å². The maximum Gasteiger partial charge on any atom is 0.339 e. The number of hydrogen-bond acceptors (Lipinski definition) is 5. The summed E-state index contributed by atoms with van der Waals surface area (Å²) in [4.78, 5) is 10.1. The summed E-state index contributed by atoms with van der Waals surface area (Å²) in [5.74, 6) is 0.404. The van der Waals surface area contributed by atoms with E-state index >= 15 is 0 Å². The van der Waals surface area contributed by atoms with E-state index in [9.17, 15) is 18.5 Å². The SMILES string of the molecule is Cc1ccc(S(=O)(=O)Oc2cccc(C(C)C)c2)cc1[N+](=O)[O-]. The van der Waals surface area contributed by atoms with Crippen molar-refractivity contribution in [1.29, 1.82) is 0 Å². The van der Waals surface area contributed by atoms with Crippen LogP contribution >= 0.6 is 0 Å². The Morgan fingerprint density at radius 2 is 1.83 bits per heavy atom. The number of nitrogens with zero attached hydrogens (tertiary/aromatic N) is 1.